The molecule has 0 bridgehead atoms. The number of nitrogens with one attached hydrogen (secondary N) is 2. The Morgan fingerprint density at radius 3 is 2.18 bits per heavy atom. The topological polar surface area (TPSA) is 105 Å². The Morgan fingerprint density at radius 1 is 0.971 bits per heavy atom. The van der Waals surface area contributed by atoms with E-state index in [1.807, 2.05) is 38.1 Å². The molecule has 3 rings (SSSR count). The molecule has 3 N–H and O–H groups in total. The number of ether oxygens (including phenoxy) is 1. The molecular formula is C27H34N2O5. The van der Waals surface area contributed by atoms with E-state index in [1.54, 1.807) is 0 Å². The third-order valence-electron chi connectivity index (χ3n) is 6.05. The normalized spacial score (nSPS) is 13.1. The second kappa shape index (κ2) is 12.2. The Labute approximate surface area is 200 Å². The van der Waals surface area contributed by atoms with Crippen molar-refractivity contribution in [2.24, 2.45) is 11.8 Å². The van der Waals surface area contributed by atoms with Crippen LogP contribution in [0.3, 0.4) is 0 Å². The van der Waals surface area contributed by atoms with Crippen LogP contribution >= 0.6 is 0 Å². The van der Waals surface area contributed by atoms with E-state index < -0.39 is 12.1 Å². The van der Waals surface area contributed by atoms with Crippen molar-refractivity contribution in [2.75, 3.05) is 19.7 Å². The van der Waals surface area contributed by atoms with E-state index in [2.05, 4.69) is 34.9 Å². The fourth-order valence-electron chi connectivity index (χ4n) is 4.59. The highest BCUT2D eigenvalue weighted by atomic mass is 16.5. The maximum absolute atomic E-state index is 12.2. The molecule has 1 aliphatic rings. The van der Waals surface area contributed by atoms with Crippen LogP contribution in [-0.2, 0) is 14.3 Å². The zero-order valence-electron chi connectivity index (χ0n) is 19.9. The predicted molar refractivity (Wildman–Crippen MR) is 131 cm³/mol. The molecule has 182 valence electrons. The molecule has 1 aliphatic carbocycles. The summed E-state index contributed by atoms with van der Waals surface area (Å²) < 4.78 is 5.49. The van der Waals surface area contributed by atoms with E-state index in [1.165, 1.54) is 11.1 Å². The van der Waals surface area contributed by atoms with Crippen LogP contribution in [0.25, 0.3) is 11.1 Å². The van der Waals surface area contributed by atoms with E-state index in [0.717, 1.165) is 17.5 Å². The van der Waals surface area contributed by atoms with E-state index in [0.29, 0.717) is 25.4 Å². The molecule has 2 aromatic carbocycles. The van der Waals surface area contributed by atoms with Gasteiger partial charge in [0.25, 0.3) is 0 Å². The fourth-order valence-corrected chi connectivity index (χ4v) is 4.59. The first-order chi connectivity index (χ1) is 16.3. The van der Waals surface area contributed by atoms with Gasteiger partial charge in [0.15, 0.2) is 0 Å². The van der Waals surface area contributed by atoms with Gasteiger partial charge < -0.3 is 20.5 Å². The Hall–Kier alpha value is -3.35. The zero-order valence-corrected chi connectivity index (χ0v) is 19.9. The Balaban J connectivity index is 1.37. The van der Waals surface area contributed by atoms with E-state index >= 15 is 0 Å². The maximum atomic E-state index is 12.2. The van der Waals surface area contributed by atoms with Crippen LogP contribution in [0.4, 0.5) is 4.79 Å². The standard InChI is InChI=1S/C27H34N2O5/c1-18(2)14-19(15-26(31)32)16-29-25(30)12-7-13-28-27(33)34-17-24-22-10-5-3-8-20(22)21-9-4-6-11-23(21)24/h3-6,8-11,18-19,24H,7,12-17H2,1-2H3,(H,28,33)(H,29,30)(H,31,32)/t19-/m0/s1. The van der Waals surface area contributed by atoms with Crippen molar-refractivity contribution in [3.8, 4) is 11.1 Å². The first kappa shape index (κ1) is 25.3. The highest BCUT2D eigenvalue weighted by molar-refractivity contribution is 5.79. The van der Waals surface area contributed by atoms with Gasteiger partial charge in [-0.15, -0.1) is 0 Å². The average molecular weight is 467 g/mol. The van der Waals surface area contributed by atoms with Gasteiger partial charge in [-0.2, -0.15) is 0 Å². The fraction of sp³-hybridized carbons (Fsp3) is 0.444. The maximum Gasteiger partial charge on any atom is 0.407 e. The number of carboxylic acid groups (broad SMARTS) is 1. The molecule has 1 atom stereocenters. The summed E-state index contributed by atoms with van der Waals surface area (Å²) in [6, 6.07) is 16.3. The van der Waals surface area contributed by atoms with Crippen LogP contribution in [0.5, 0.6) is 0 Å². The number of carboxylic acids is 1. The third-order valence-corrected chi connectivity index (χ3v) is 6.05. The molecular weight excluding hydrogens is 432 g/mol. The minimum absolute atomic E-state index is 0.00788. The van der Waals surface area contributed by atoms with Crippen LogP contribution in [-0.4, -0.2) is 42.8 Å². The average Bonchev–Trinajstić information content (AvgIpc) is 3.12. The number of carbonyl (C=O) groups is 3. The highest BCUT2D eigenvalue weighted by Crippen LogP contribution is 2.44. The van der Waals surface area contributed by atoms with Gasteiger partial charge in [-0.3, -0.25) is 9.59 Å². The molecule has 34 heavy (non-hydrogen) atoms. The van der Waals surface area contributed by atoms with Gasteiger partial charge in [0.2, 0.25) is 5.91 Å². The van der Waals surface area contributed by atoms with Gasteiger partial charge >= 0.3 is 12.1 Å². The number of carbonyl (C=O) groups excluding carboxylic acids is 2. The number of fused-ring (bicyclic) bond motifs is 3. The number of rotatable bonds is 12. The van der Waals surface area contributed by atoms with Gasteiger partial charge in [-0.1, -0.05) is 62.4 Å². The monoisotopic (exact) mass is 466 g/mol. The number of benzene rings is 2. The molecule has 7 heteroatoms. The lowest BCUT2D eigenvalue weighted by Crippen LogP contribution is -2.32. The van der Waals surface area contributed by atoms with Gasteiger partial charge in [0.05, 0.1) is 0 Å². The molecule has 0 radical (unpaired) electrons. The smallest absolute Gasteiger partial charge is 0.407 e. The lowest BCUT2D eigenvalue weighted by Gasteiger charge is -2.17. The van der Waals surface area contributed by atoms with Gasteiger partial charge in [0, 0.05) is 31.8 Å². The predicted octanol–water partition coefficient (Wildman–Crippen LogP) is 4.56. The van der Waals surface area contributed by atoms with Crippen molar-refractivity contribution in [1.82, 2.24) is 10.6 Å². The number of hydrogen-bond donors (Lipinski definition) is 3. The molecule has 2 amide bonds. The molecule has 0 saturated carbocycles. The van der Waals surface area contributed by atoms with Crippen molar-refractivity contribution in [2.45, 2.75) is 45.4 Å². The van der Waals surface area contributed by atoms with E-state index in [4.69, 9.17) is 9.84 Å². The summed E-state index contributed by atoms with van der Waals surface area (Å²) in [5.74, 6) is -0.711. The first-order valence-electron chi connectivity index (χ1n) is 11.9. The molecule has 0 heterocycles. The largest absolute Gasteiger partial charge is 0.481 e. The minimum atomic E-state index is -0.854. The zero-order chi connectivity index (χ0) is 24.5. The second-order valence-corrected chi connectivity index (χ2v) is 9.25. The lowest BCUT2D eigenvalue weighted by atomic mass is 9.94. The van der Waals surface area contributed by atoms with Crippen molar-refractivity contribution in [3.05, 3.63) is 59.7 Å². The third kappa shape index (κ3) is 7.07. The molecule has 0 fully saturated rings. The van der Waals surface area contributed by atoms with Crippen molar-refractivity contribution < 1.29 is 24.2 Å². The van der Waals surface area contributed by atoms with Crippen molar-refractivity contribution in [3.63, 3.8) is 0 Å². The van der Waals surface area contributed by atoms with Gasteiger partial charge in [-0.05, 0) is 46.9 Å². The SMILES string of the molecule is CC(C)C[C@H](CNC(=O)CCCNC(=O)OCC1c2ccccc2-c2ccccc21)CC(=O)O. The Kier molecular flexibility index (Phi) is 9.08. The highest BCUT2D eigenvalue weighted by Gasteiger charge is 2.28. The summed E-state index contributed by atoms with van der Waals surface area (Å²) in [6.07, 6.45) is 1.02. The molecule has 0 aromatic heterocycles. The Bertz CT molecular complexity index is 959. The molecule has 7 nitrogen and oxygen atoms in total. The molecule has 0 saturated heterocycles. The van der Waals surface area contributed by atoms with Crippen molar-refractivity contribution >= 4 is 18.0 Å². The molecule has 0 unspecified atom stereocenters. The number of aliphatic carboxylic acids is 1. The van der Waals surface area contributed by atoms with Crippen molar-refractivity contribution in [1.29, 1.82) is 0 Å². The summed E-state index contributed by atoms with van der Waals surface area (Å²) in [6.45, 7) is 5.00. The summed E-state index contributed by atoms with van der Waals surface area (Å²) >= 11 is 0. The van der Waals surface area contributed by atoms with Crippen LogP contribution in [0.2, 0.25) is 0 Å². The molecule has 0 spiro atoms. The second-order valence-electron chi connectivity index (χ2n) is 9.25. The summed E-state index contributed by atoms with van der Waals surface area (Å²) in [5.41, 5.74) is 4.67. The summed E-state index contributed by atoms with van der Waals surface area (Å²) in [7, 11) is 0. The van der Waals surface area contributed by atoms with Gasteiger partial charge in [-0.25, -0.2) is 4.79 Å². The summed E-state index contributed by atoms with van der Waals surface area (Å²) in [5, 5.41) is 14.6. The van der Waals surface area contributed by atoms with Crippen LogP contribution < -0.4 is 10.6 Å². The lowest BCUT2D eigenvalue weighted by molar-refractivity contribution is -0.138. The van der Waals surface area contributed by atoms with Gasteiger partial charge in [0.1, 0.15) is 6.61 Å². The number of hydrogen-bond acceptors (Lipinski definition) is 4. The molecule has 2 aromatic rings. The van der Waals surface area contributed by atoms with Crippen LogP contribution in [0.15, 0.2) is 48.5 Å². The van der Waals surface area contributed by atoms with Crippen LogP contribution in [0, 0.1) is 11.8 Å². The minimum Gasteiger partial charge on any atom is -0.481 e. The summed E-state index contributed by atoms with van der Waals surface area (Å²) in [4.78, 5) is 35.3. The quantitative estimate of drug-likeness (QED) is 0.398. The first-order valence-corrected chi connectivity index (χ1v) is 11.9. The van der Waals surface area contributed by atoms with E-state index in [-0.39, 0.29) is 37.2 Å². The molecule has 0 aliphatic heterocycles. The Morgan fingerprint density at radius 2 is 1.59 bits per heavy atom. The number of alkyl carbamates (subject to hydrolysis) is 1. The number of amides is 2. The van der Waals surface area contributed by atoms with E-state index in [9.17, 15) is 14.4 Å². The van der Waals surface area contributed by atoms with Crippen LogP contribution in [0.1, 0.15) is 56.6 Å².